The van der Waals surface area contributed by atoms with Crippen LogP contribution in [0.4, 0.5) is 0 Å². The summed E-state index contributed by atoms with van der Waals surface area (Å²) in [6, 6.07) is 13.1. The zero-order valence-corrected chi connectivity index (χ0v) is 17.2. The Morgan fingerprint density at radius 1 is 1.11 bits per heavy atom. The van der Waals surface area contributed by atoms with Crippen molar-refractivity contribution < 1.29 is 4.79 Å². The summed E-state index contributed by atoms with van der Waals surface area (Å²) < 4.78 is 1.64. The van der Waals surface area contributed by atoms with Gasteiger partial charge in [-0.3, -0.25) is 14.2 Å². The molecule has 3 aromatic rings. The second-order valence-corrected chi connectivity index (χ2v) is 8.00. The Kier molecular flexibility index (Phi) is 6.05. The topological polar surface area (TPSA) is 51.1 Å². The smallest absolute Gasteiger partial charge is 0.308 e. The van der Waals surface area contributed by atoms with Crippen molar-refractivity contribution in [1.82, 2.24) is 9.88 Å². The Morgan fingerprint density at radius 3 is 2.56 bits per heavy atom. The predicted molar refractivity (Wildman–Crippen MR) is 111 cm³/mol. The maximum absolute atomic E-state index is 12.6. The molecule has 0 aliphatic carbocycles. The Bertz CT molecular complexity index is 1060. The number of rotatable bonds is 5. The van der Waals surface area contributed by atoms with Crippen LogP contribution >= 0.6 is 34.5 Å². The minimum absolute atomic E-state index is 0.143. The highest BCUT2D eigenvalue weighted by Crippen LogP contribution is 2.22. The van der Waals surface area contributed by atoms with Gasteiger partial charge in [0.05, 0.1) is 16.6 Å². The van der Waals surface area contributed by atoms with Crippen molar-refractivity contribution >= 4 is 40.4 Å². The second-order valence-electron chi connectivity index (χ2n) is 6.23. The molecular formula is C20H18Cl2N2O2S. The molecule has 3 rings (SSSR count). The summed E-state index contributed by atoms with van der Waals surface area (Å²) in [6.07, 6.45) is 0. The lowest BCUT2D eigenvalue weighted by molar-refractivity contribution is 0.0954. The van der Waals surface area contributed by atoms with Crippen LogP contribution in [0.2, 0.25) is 10.0 Å². The maximum atomic E-state index is 12.6. The first-order valence-electron chi connectivity index (χ1n) is 8.33. The summed E-state index contributed by atoms with van der Waals surface area (Å²) in [5, 5.41) is 3.74. The van der Waals surface area contributed by atoms with E-state index in [1.54, 1.807) is 29.7 Å². The van der Waals surface area contributed by atoms with Gasteiger partial charge in [-0.25, -0.2) is 0 Å². The molecule has 0 spiro atoms. The molecule has 0 saturated heterocycles. The molecule has 0 radical (unpaired) electrons. The van der Waals surface area contributed by atoms with Crippen molar-refractivity contribution in [3.05, 3.63) is 89.4 Å². The molecule has 2 aromatic carbocycles. The number of carbonyl (C=O) groups excluding carboxylic acids is 1. The third-order valence-electron chi connectivity index (χ3n) is 4.38. The third kappa shape index (κ3) is 4.43. The Hall–Kier alpha value is -2.08. The number of aromatic nitrogens is 1. The van der Waals surface area contributed by atoms with Gasteiger partial charge in [-0.15, -0.1) is 0 Å². The summed E-state index contributed by atoms with van der Waals surface area (Å²) in [6.45, 7) is 4.56. The highest BCUT2D eigenvalue weighted by Gasteiger charge is 2.18. The van der Waals surface area contributed by atoms with Crippen LogP contribution in [0.15, 0.2) is 47.3 Å². The number of hydrogen-bond donors (Lipinski definition) is 1. The fraction of sp³-hybridized carbons (Fsp3) is 0.200. The molecular weight excluding hydrogens is 403 g/mol. The van der Waals surface area contributed by atoms with Gasteiger partial charge >= 0.3 is 4.87 Å². The van der Waals surface area contributed by atoms with Crippen LogP contribution in [-0.2, 0) is 13.1 Å². The van der Waals surface area contributed by atoms with Crippen molar-refractivity contribution in [2.24, 2.45) is 0 Å². The summed E-state index contributed by atoms with van der Waals surface area (Å²) in [4.78, 5) is 25.3. The standard InChI is InChI=1S/C20H18Cl2N2O2S/c1-12-5-3-4-6-15(12)11-24-13(2)18(27-20(24)26)19(25)23-10-14-7-8-16(21)17(22)9-14/h3-9H,10-11H2,1-2H3,(H,23,25). The number of amides is 1. The molecule has 0 aliphatic heterocycles. The summed E-state index contributed by atoms with van der Waals surface area (Å²) >= 11 is 12.9. The molecule has 27 heavy (non-hydrogen) atoms. The maximum Gasteiger partial charge on any atom is 0.308 e. The number of halogens is 2. The van der Waals surface area contributed by atoms with Gasteiger partial charge in [0.2, 0.25) is 0 Å². The predicted octanol–water partition coefficient (Wildman–Crippen LogP) is 4.81. The van der Waals surface area contributed by atoms with E-state index >= 15 is 0 Å². The van der Waals surface area contributed by atoms with Crippen LogP contribution in [0, 0.1) is 13.8 Å². The van der Waals surface area contributed by atoms with Gasteiger partial charge in [0, 0.05) is 12.2 Å². The minimum Gasteiger partial charge on any atom is -0.347 e. The lowest BCUT2D eigenvalue weighted by Gasteiger charge is -2.09. The van der Waals surface area contributed by atoms with E-state index in [1.165, 1.54) is 0 Å². The second kappa shape index (κ2) is 8.30. The van der Waals surface area contributed by atoms with E-state index in [1.807, 2.05) is 31.2 Å². The average Bonchev–Trinajstić information content (AvgIpc) is 2.92. The van der Waals surface area contributed by atoms with Gasteiger partial charge < -0.3 is 5.32 Å². The summed E-state index contributed by atoms with van der Waals surface area (Å²) in [5.41, 5.74) is 3.67. The van der Waals surface area contributed by atoms with Gasteiger partial charge in [0.25, 0.3) is 5.91 Å². The Labute approximate surface area is 171 Å². The molecule has 0 bridgehead atoms. The van der Waals surface area contributed by atoms with E-state index in [0.717, 1.165) is 28.0 Å². The zero-order chi connectivity index (χ0) is 19.6. The number of benzene rings is 2. The molecule has 1 N–H and O–H groups in total. The first-order chi connectivity index (χ1) is 12.9. The number of thiazole rings is 1. The third-order valence-corrected chi connectivity index (χ3v) is 6.20. The highest BCUT2D eigenvalue weighted by atomic mass is 35.5. The lowest BCUT2D eigenvalue weighted by Crippen LogP contribution is -2.23. The van der Waals surface area contributed by atoms with E-state index in [2.05, 4.69) is 5.32 Å². The van der Waals surface area contributed by atoms with Crippen molar-refractivity contribution in [1.29, 1.82) is 0 Å². The van der Waals surface area contributed by atoms with E-state index < -0.39 is 0 Å². The number of hydrogen-bond acceptors (Lipinski definition) is 3. The molecule has 0 atom stereocenters. The molecule has 0 fully saturated rings. The fourth-order valence-corrected chi connectivity index (χ4v) is 3.97. The molecule has 1 aromatic heterocycles. The SMILES string of the molecule is Cc1ccccc1Cn1c(C)c(C(=O)NCc2ccc(Cl)c(Cl)c2)sc1=O. The van der Waals surface area contributed by atoms with Crippen LogP contribution < -0.4 is 10.2 Å². The molecule has 0 unspecified atom stereocenters. The molecule has 1 heterocycles. The van der Waals surface area contributed by atoms with E-state index in [4.69, 9.17) is 23.2 Å². The van der Waals surface area contributed by atoms with Crippen LogP contribution in [0.25, 0.3) is 0 Å². The van der Waals surface area contributed by atoms with E-state index in [0.29, 0.717) is 33.7 Å². The Morgan fingerprint density at radius 2 is 1.85 bits per heavy atom. The van der Waals surface area contributed by atoms with E-state index in [-0.39, 0.29) is 10.8 Å². The molecule has 140 valence electrons. The number of nitrogens with zero attached hydrogens (tertiary/aromatic N) is 1. The average molecular weight is 421 g/mol. The highest BCUT2D eigenvalue weighted by molar-refractivity contribution is 7.11. The number of carbonyl (C=O) groups is 1. The first kappa shape index (κ1) is 19.7. The van der Waals surface area contributed by atoms with Crippen molar-refractivity contribution in [3.63, 3.8) is 0 Å². The first-order valence-corrected chi connectivity index (χ1v) is 9.91. The van der Waals surface area contributed by atoms with Gasteiger partial charge in [0.1, 0.15) is 4.88 Å². The van der Waals surface area contributed by atoms with Crippen LogP contribution in [-0.4, -0.2) is 10.5 Å². The lowest BCUT2D eigenvalue weighted by atomic mass is 10.1. The van der Waals surface area contributed by atoms with Crippen LogP contribution in [0.3, 0.4) is 0 Å². The van der Waals surface area contributed by atoms with Crippen molar-refractivity contribution in [3.8, 4) is 0 Å². The van der Waals surface area contributed by atoms with Gasteiger partial charge in [-0.05, 0) is 42.7 Å². The van der Waals surface area contributed by atoms with Crippen LogP contribution in [0.1, 0.15) is 32.1 Å². The molecule has 0 aliphatic rings. The quantitative estimate of drug-likeness (QED) is 0.643. The summed E-state index contributed by atoms with van der Waals surface area (Å²) in [5.74, 6) is -0.274. The van der Waals surface area contributed by atoms with E-state index in [9.17, 15) is 9.59 Å². The normalized spacial score (nSPS) is 10.8. The molecule has 4 nitrogen and oxygen atoms in total. The largest absolute Gasteiger partial charge is 0.347 e. The summed E-state index contributed by atoms with van der Waals surface area (Å²) in [7, 11) is 0. The molecule has 1 amide bonds. The Balaban J connectivity index is 1.77. The fourth-order valence-electron chi connectivity index (χ4n) is 2.74. The van der Waals surface area contributed by atoms with Crippen LogP contribution in [0.5, 0.6) is 0 Å². The number of nitrogens with one attached hydrogen (secondary N) is 1. The zero-order valence-electron chi connectivity index (χ0n) is 14.9. The van der Waals surface area contributed by atoms with Crippen molar-refractivity contribution in [2.45, 2.75) is 26.9 Å². The van der Waals surface area contributed by atoms with Gasteiger partial charge in [0.15, 0.2) is 0 Å². The number of aryl methyl sites for hydroxylation is 1. The van der Waals surface area contributed by atoms with Gasteiger partial charge in [-0.2, -0.15) is 0 Å². The monoisotopic (exact) mass is 420 g/mol. The van der Waals surface area contributed by atoms with Crippen molar-refractivity contribution in [2.75, 3.05) is 0 Å². The molecule has 0 saturated carbocycles. The van der Waals surface area contributed by atoms with Gasteiger partial charge in [-0.1, -0.05) is 64.9 Å². The molecule has 7 heteroatoms. The minimum atomic E-state index is -0.274.